The molecule has 0 atom stereocenters. The molecular formula is C13H17NO3. The molecule has 2 rings (SSSR count). The normalized spacial score (nSPS) is 17.9. The Hall–Kier alpha value is -1.55. The van der Waals surface area contributed by atoms with Gasteiger partial charge in [-0.3, -0.25) is 4.79 Å². The van der Waals surface area contributed by atoms with Crippen molar-refractivity contribution < 1.29 is 15.0 Å². The van der Waals surface area contributed by atoms with E-state index in [2.05, 4.69) is 5.32 Å². The van der Waals surface area contributed by atoms with Crippen LogP contribution in [0.2, 0.25) is 0 Å². The van der Waals surface area contributed by atoms with Crippen LogP contribution in [0.3, 0.4) is 0 Å². The number of phenolic OH excluding ortho intramolecular Hbond substituents is 1. The maximum absolute atomic E-state index is 12.0. The van der Waals surface area contributed by atoms with Gasteiger partial charge in [-0.25, -0.2) is 0 Å². The van der Waals surface area contributed by atoms with Crippen LogP contribution in [0.15, 0.2) is 24.3 Å². The van der Waals surface area contributed by atoms with Crippen molar-refractivity contribution in [3.05, 3.63) is 29.8 Å². The zero-order chi connectivity index (χ0) is 12.3. The van der Waals surface area contributed by atoms with E-state index in [0.717, 1.165) is 25.7 Å². The largest absolute Gasteiger partial charge is 0.508 e. The van der Waals surface area contributed by atoms with Crippen molar-refractivity contribution >= 4 is 5.91 Å². The van der Waals surface area contributed by atoms with Crippen LogP contribution in [0.4, 0.5) is 0 Å². The molecule has 1 aliphatic carbocycles. The first kappa shape index (κ1) is 11.9. The lowest BCUT2D eigenvalue weighted by molar-refractivity contribution is 0.0838. The molecule has 3 N–H and O–H groups in total. The highest BCUT2D eigenvalue weighted by atomic mass is 16.3. The Morgan fingerprint density at radius 2 is 1.82 bits per heavy atom. The standard InChI is InChI=1S/C13H17NO3/c15-9-13(7-1-2-8-13)14-12(17)10-3-5-11(16)6-4-10/h3-6,15-16H,1-2,7-9H2,(H,14,17). The number of amides is 1. The predicted molar refractivity (Wildman–Crippen MR) is 63.9 cm³/mol. The smallest absolute Gasteiger partial charge is 0.251 e. The molecular weight excluding hydrogens is 218 g/mol. The Balaban J connectivity index is 2.08. The fraction of sp³-hybridized carbons (Fsp3) is 0.462. The third kappa shape index (κ3) is 2.58. The van der Waals surface area contributed by atoms with Gasteiger partial charge in [0.1, 0.15) is 5.75 Å². The van der Waals surface area contributed by atoms with Crippen LogP contribution in [-0.4, -0.2) is 28.3 Å². The van der Waals surface area contributed by atoms with Crippen LogP contribution in [-0.2, 0) is 0 Å². The number of carbonyl (C=O) groups excluding carboxylic acids is 1. The average Bonchev–Trinajstić information content (AvgIpc) is 2.79. The van der Waals surface area contributed by atoms with Crippen LogP contribution in [0.1, 0.15) is 36.0 Å². The van der Waals surface area contributed by atoms with E-state index < -0.39 is 5.54 Å². The van der Waals surface area contributed by atoms with Gasteiger partial charge in [0.25, 0.3) is 5.91 Å². The van der Waals surface area contributed by atoms with E-state index in [0.29, 0.717) is 5.56 Å². The second-order valence-corrected chi connectivity index (χ2v) is 4.65. The molecule has 0 unspecified atom stereocenters. The molecule has 17 heavy (non-hydrogen) atoms. The number of rotatable bonds is 3. The van der Waals surface area contributed by atoms with Crippen LogP contribution in [0.5, 0.6) is 5.75 Å². The highest BCUT2D eigenvalue weighted by Gasteiger charge is 2.34. The summed E-state index contributed by atoms with van der Waals surface area (Å²) in [5.74, 6) is -0.0553. The molecule has 4 nitrogen and oxygen atoms in total. The second-order valence-electron chi connectivity index (χ2n) is 4.65. The molecule has 1 saturated carbocycles. The molecule has 0 saturated heterocycles. The minimum Gasteiger partial charge on any atom is -0.508 e. The second kappa shape index (κ2) is 4.75. The van der Waals surface area contributed by atoms with Crippen LogP contribution < -0.4 is 5.32 Å². The highest BCUT2D eigenvalue weighted by Crippen LogP contribution is 2.29. The van der Waals surface area contributed by atoms with Gasteiger partial charge in [0.2, 0.25) is 0 Å². The predicted octanol–water partition coefficient (Wildman–Crippen LogP) is 1.43. The van der Waals surface area contributed by atoms with Gasteiger partial charge in [0.05, 0.1) is 12.1 Å². The number of aliphatic hydroxyl groups is 1. The average molecular weight is 235 g/mol. The van der Waals surface area contributed by atoms with Crippen LogP contribution >= 0.6 is 0 Å². The van der Waals surface area contributed by atoms with Gasteiger partial charge in [-0.05, 0) is 37.1 Å². The van der Waals surface area contributed by atoms with E-state index in [1.165, 1.54) is 12.1 Å². The summed E-state index contributed by atoms with van der Waals surface area (Å²) in [4.78, 5) is 12.0. The minimum atomic E-state index is -0.449. The Morgan fingerprint density at radius 3 is 2.35 bits per heavy atom. The lowest BCUT2D eigenvalue weighted by Crippen LogP contribution is -2.49. The van der Waals surface area contributed by atoms with Gasteiger partial charge in [-0.2, -0.15) is 0 Å². The number of aliphatic hydroxyl groups excluding tert-OH is 1. The molecule has 0 aliphatic heterocycles. The van der Waals surface area contributed by atoms with E-state index in [4.69, 9.17) is 5.11 Å². The molecule has 1 aromatic rings. The number of aromatic hydroxyl groups is 1. The quantitative estimate of drug-likeness (QED) is 0.742. The molecule has 1 fully saturated rings. The fourth-order valence-corrected chi connectivity index (χ4v) is 2.30. The summed E-state index contributed by atoms with van der Waals surface area (Å²) in [6.45, 7) is -0.0170. The first-order valence-corrected chi connectivity index (χ1v) is 5.88. The number of nitrogens with one attached hydrogen (secondary N) is 1. The van der Waals surface area contributed by atoms with Gasteiger partial charge < -0.3 is 15.5 Å². The number of phenols is 1. The molecule has 1 amide bonds. The number of benzene rings is 1. The van der Waals surface area contributed by atoms with Gasteiger partial charge in [-0.15, -0.1) is 0 Å². The third-order valence-electron chi connectivity index (χ3n) is 3.37. The molecule has 0 bridgehead atoms. The van der Waals surface area contributed by atoms with Crippen molar-refractivity contribution in [3.63, 3.8) is 0 Å². The fourth-order valence-electron chi connectivity index (χ4n) is 2.30. The Morgan fingerprint density at radius 1 is 1.24 bits per heavy atom. The van der Waals surface area contributed by atoms with Crippen molar-refractivity contribution in [3.8, 4) is 5.75 Å². The molecule has 0 radical (unpaired) electrons. The van der Waals surface area contributed by atoms with Gasteiger partial charge in [0, 0.05) is 5.56 Å². The number of hydrogen-bond donors (Lipinski definition) is 3. The van der Waals surface area contributed by atoms with E-state index in [1.807, 2.05) is 0 Å². The van der Waals surface area contributed by atoms with Crippen molar-refractivity contribution in [2.75, 3.05) is 6.61 Å². The van der Waals surface area contributed by atoms with Gasteiger partial charge in [-0.1, -0.05) is 12.8 Å². The first-order valence-electron chi connectivity index (χ1n) is 5.88. The van der Waals surface area contributed by atoms with Gasteiger partial charge in [0.15, 0.2) is 0 Å². The highest BCUT2D eigenvalue weighted by molar-refractivity contribution is 5.94. The van der Waals surface area contributed by atoms with E-state index in [-0.39, 0.29) is 18.3 Å². The summed E-state index contributed by atoms with van der Waals surface area (Å²) in [6.07, 6.45) is 3.73. The van der Waals surface area contributed by atoms with Crippen LogP contribution in [0, 0.1) is 0 Å². The Labute approximate surface area is 100 Å². The maximum atomic E-state index is 12.0. The summed E-state index contributed by atoms with van der Waals surface area (Å²) >= 11 is 0. The zero-order valence-electron chi connectivity index (χ0n) is 9.65. The number of carbonyl (C=O) groups is 1. The Bertz CT molecular complexity index is 394. The summed E-state index contributed by atoms with van der Waals surface area (Å²) in [5, 5.41) is 21.5. The minimum absolute atomic E-state index is 0.0170. The molecule has 0 heterocycles. The summed E-state index contributed by atoms with van der Waals surface area (Å²) in [7, 11) is 0. The molecule has 4 heteroatoms. The monoisotopic (exact) mass is 235 g/mol. The van der Waals surface area contributed by atoms with E-state index >= 15 is 0 Å². The molecule has 0 spiro atoms. The summed E-state index contributed by atoms with van der Waals surface area (Å²) in [5.41, 5.74) is 0.0529. The third-order valence-corrected chi connectivity index (χ3v) is 3.37. The number of hydrogen-bond acceptors (Lipinski definition) is 3. The van der Waals surface area contributed by atoms with Crippen LogP contribution in [0.25, 0.3) is 0 Å². The maximum Gasteiger partial charge on any atom is 0.251 e. The van der Waals surface area contributed by atoms with E-state index in [9.17, 15) is 9.90 Å². The van der Waals surface area contributed by atoms with Gasteiger partial charge >= 0.3 is 0 Å². The van der Waals surface area contributed by atoms with Crippen molar-refractivity contribution in [1.29, 1.82) is 0 Å². The lowest BCUT2D eigenvalue weighted by Gasteiger charge is -2.27. The lowest BCUT2D eigenvalue weighted by atomic mass is 9.98. The molecule has 0 aromatic heterocycles. The van der Waals surface area contributed by atoms with Crippen molar-refractivity contribution in [2.24, 2.45) is 0 Å². The SMILES string of the molecule is O=C(NC1(CO)CCCC1)c1ccc(O)cc1. The van der Waals surface area contributed by atoms with E-state index in [1.54, 1.807) is 12.1 Å². The topological polar surface area (TPSA) is 69.6 Å². The summed E-state index contributed by atoms with van der Waals surface area (Å²) in [6, 6.07) is 6.11. The Kier molecular flexibility index (Phi) is 3.33. The molecule has 92 valence electrons. The van der Waals surface area contributed by atoms with Crippen molar-refractivity contribution in [1.82, 2.24) is 5.32 Å². The van der Waals surface area contributed by atoms with Crippen molar-refractivity contribution in [2.45, 2.75) is 31.2 Å². The zero-order valence-corrected chi connectivity index (χ0v) is 9.65. The summed E-state index contributed by atoms with van der Waals surface area (Å²) < 4.78 is 0. The molecule has 1 aliphatic rings. The molecule has 1 aromatic carbocycles. The first-order chi connectivity index (χ1) is 8.15.